The van der Waals surface area contributed by atoms with Crippen LogP contribution in [0.3, 0.4) is 0 Å². The minimum absolute atomic E-state index is 0.0762. The number of hydrogen-bond donors (Lipinski definition) is 1. The molecular formula is C23H27NO7. The Labute approximate surface area is 180 Å². The molecule has 0 aromatic heterocycles. The lowest BCUT2D eigenvalue weighted by molar-refractivity contribution is -0.175. The quantitative estimate of drug-likeness (QED) is 0.719. The third-order valence-corrected chi connectivity index (χ3v) is 7.45. The highest BCUT2D eigenvalue weighted by molar-refractivity contribution is 5.79. The van der Waals surface area contributed by atoms with Crippen molar-refractivity contribution in [2.45, 2.75) is 62.4 Å². The zero-order valence-electron chi connectivity index (χ0n) is 18.1. The van der Waals surface area contributed by atoms with Crippen molar-refractivity contribution in [1.82, 2.24) is 4.90 Å². The molecule has 2 aliphatic carbocycles. The first-order chi connectivity index (χ1) is 14.7. The fourth-order valence-corrected chi connectivity index (χ4v) is 6.08. The van der Waals surface area contributed by atoms with E-state index in [-0.39, 0.29) is 6.04 Å². The Morgan fingerprint density at radius 2 is 2.13 bits per heavy atom. The summed E-state index contributed by atoms with van der Waals surface area (Å²) in [5.41, 5.74) is 0.294. The fraction of sp³-hybridized carbons (Fsp3) is 0.565. The van der Waals surface area contributed by atoms with Gasteiger partial charge < -0.3 is 29.0 Å². The van der Waals surface area contributed by atoms with Crippen LogP contribution in [0.15, 0.2) is 24.0 Å². The topological polar surface area (TPSA) is 94.5 Å². The largest absolute Gasteiger partial charge is 0.493 e. The maximum atomic E-state index is 12.6. The van der Waals surface area contributed by atoms with E-state index >= 15 is 0 Å². The Balaban J connectivity index is 1.61. The summed E-state index contributed by atoms with van der Waals surface area (Å²) < 4.78 is 22.6. The molecule has 8 heteroatoms. The van der Waals surface area contributed by atoms with E-state index in [9.17, 15) is 14.7 Å². The second-order valence-corrected chi connectivity index (χ2v) is 8.96. The maximum Gasteiger partial charge on any atom is 0.352 e. The third kappa shape index (κ3) is 2.55. The number of benzene rings is 1. The molecule has 1 spiro atoms. The van der Waals surface area contributed by atoms with Gasteiger partial charge in [0.2, 0.25) is 0 Å². The van der Waals surface area contributed by atoms with Gasteiger partial charge in [-0.1, -0.05) is 6.07 Å². The molecule has 2 aliphatic heterocycles. The first-order valence-corrected chi connectivity index (χ1v) is 10.6. The Kier molecular flexibility index (Phi) is 4.40. The van der Waals surface area contributed by atoms with Crippen LogP contribution >= 0.6 is 0 Å². The van der Waals surface area contributed by atoms with E-state index in [1.165, 1.54) is 13.8 Å². The van der Waals surface area contributed by atoms with Crippen molar-refractivity contribution in [3.05, 3.63) is 35.1 Å². The van der Waals surface area contributed by atoms with E-state index in [1.807, 2.05) is 19.2 Å². The van der Waals surface area contributed by atoms with E-state index in [1.54, 1.807) is 13.2 Å². The van der Waals surface area contributed by atoms with Crippen molar-refractivity contribution >= 4 is 11.9 Å². The molecule has 0 saturated carbocycles. The molecule has 1 aromatic carbocycles. The van der Waals surface area contributed by atoms with Crippen LogP contribution in [0.1, 0.15) is 37.8 Å². The van der Waals surface area contributed by atoms with E-state index in [0.717, 1.165) is 17.7 Å². The lowest BCUT2D eigenvalue weighted by atomic mass is 9.50. The zero-order chi connectivity index (χ0) is 22.1. The lowest BCUT2D eigenvalue weighted by Crippen LogP contribution is -2.74. The van der Waals surface area contributed by atoms with Crippen LogP contribution in [-0.2, 0) is 30.9 Å². The Bertz CT molecular complexity index is 1000. The molecule has 0 unspecified atom stereocenters. The fourth-order valence-electron chi connectivity index (χ4n) is 6.08. The molecule has 1 N–H and O–H groups in total. The highest BCUT2D eigenvalue weighted by atomic mass is 16.6. The summed E-state index contributed by atoms with van der Waals surface area (Å²) in [5.74, 6) is 0.335. The van der Waals surface area contributed by atoms with Crippen LogP contribution in [0.25, 0.3) is 0 Å². The first-order valence-electron chi connectivity index (χ1n) is 10.6. The standard InChI is InChI=1S/C23H27NO7/c1-12(29-13(2)25)21(26)30-16-7-8-23(27)17-11-14-5-6-15(28-4)19-18(14)22(23,20(16)31-19)9-10-24(17)3/h5-7,12,17,20,27H,8-11H2,1-4H3/t12-,17-,20-,22-,23+/m0/s1. The van der Waals surface area contributed by atoms with Crippen LogP contribution < -0.4 is 9.47 Å². The number of likely N-dealkylation sites (tertiary alicyclic amines) is 1. The summed E-state index contributed by atoms with van der Waals surface area (Å²) in [6.07, 6.45) is 1.74. The van der Waals surface area contributed by atoms with Crippen LogP contribution in [0, 0.1) is 0 Å². The summed E-state index contributed by atoms with van der Waals surface area (Å²) in [4.78, 5) is 26.0. The molecule has 0 amide bonds. The highest BCUT2D eigenvalue weighted by Gasteiger charge is 2.72. The molecule has 2 bridgehead atoms. The molecule has 0 radical (unpaired) electrons. The van der Waals surface area contributed by atoms with Gasteiger partial charge in [-0.25, -0.2) is 4.79 Å². The summed E-state index contributed by atoms with van der Waals surface area (Å²) in [7, 11) is 3.63. The highest BCUT2D eigenvalue weighted by Crippen LogP contribution is 2.65. The lowest BCUT2D eigenvalue weighted by Gasteiger charge is -2.61. The van der Waals surface area contributed by atoms with E-state index in [0.29, 0.717) is 36.5 Å². The summed E-state index contributed by atoms with van der Waals surface area (Å²) in [6.45, 7) is 3.50. The smallest absolute Gasteiger partial charge is 0.352 e. The van der Waals surface area contributed by atoms with Gasteiger partial charge in [0.05, 0.1) is 18.1 Å². The predicted molar refractivity (Wildman–Crippen MR) is 109 cm³/mol. The number of piperidine rings is 1. The average molecular weight is 429 g/mol. The van der Waals surface area contributed by atoms with Crippen LogP contribution in [0.5, 0.6) is 11.5 Å². The number of esters is 2. The zero-order valence-corrected chi connectivity index (χ0v) is 18.1. The van der Waals surface area contributed by atoms with Gasteiger partial charge in [0.15, 0.2) is 23.7 Å². The van der Waals surface area contributed by atoms with Crippen LogP contribution in [0.4, 0.5) is 0 Å². The second kappa shape index (κ2) is 6.71. The Morgan fingerprint density at radius 3 is 2.84 bits per heavy atom. The average Bonchev–Trinajstić information content (AvgIpc) is 3.07. The van der Waals surface area contributed by atoms with E-state index in [4.69, 9.17) is 18.9 Å². The van der Waals surface area contributed by atoms with E-state index < -0.39 is 35.2 Å². The normalized spacial score (nSPS) is 33.5. The van der Waals surface area contributed by atoms with Gasteiger partial charge >= 0.3 is 11.9 Å². The summed E-state index contributed by atoms with van der Waals surface area (Å²) in [6, 6.07) is 3.86. The van der Waals surface area contributed by atoms with Crippen LogP contribution in [-0.4, -0.2) is 66.5 Å². The van der Waals surface area contributed by atoms with Crippen molar-refractivity contribution in [1.29, 1.82) is 0 Å². The molecule has 2 heterocycles. The number of carbonyl (C=O) groups excluding carboxylic acids is 2. The molecule has 5 rings (SSSR count). The number of carbonyl (C=O) groups is 2. The molecular weight excluding hydrogens is 402 g/mol. The van der Waals surface area contributed by atoms with Crippen molar-refractivity contribution in [2.75, 3.05) is 20.7 Å². The number of ether oxygens (including phenoxy) is 4. The van der Waals surface area contributed by atoms with Crippen molar-refractivity contribution in [2.24, 2.45) is 0 Å². The summed E-state index contributed by atoms with van der Waals surface area (Å²) in [5, 5.41) is 12.1. The molecule has 1 saturated heterocycles. The number of methoxy groups -OCH3 is 1. The van der Waals surface area contributed by atoms with Crippen molar-refractivity contribution in [3.63, 3.8) is 0 Å². The monoisotopic (exact) mass is 429 g/mol. The minimum Gasteiger partial charge on any atom is -0.493 e. The Hall–Kier alpha value is -2.58. The van der Waals surface area contributed by atoms with Gasteiger partial charge in [-0.2, -0.15) is 0 Å². The number of hydrogen-bond acceptors (Lipinski definition) is 8. The van der Waals surface area contributed by atoms with Gasteiger partial charge in [-0.15, -0.1) is 0 Å². The molecule has 8 nitrogen and oxygen atoms in total. The number of rotatable bonds is 4. The molecule has 166 valence electrons. The molecule has 31 heavy (non-hydrogen) atoms. The summed E-state index contributed by atoms with van der Waals surface area (Å²) >= 11 is 0. The number of nitrogens with zero attached hydrogens (tertiary/aromatic N) is 1. The first kappa shape index (κ1) is 20.3. The van der Waals surface area contributed by atoms with Crippen molar-refractivity contribution < 1.29 is 33.6 Å². The van der Waals surface area contributed by atoms with Gasteiger partial charge in [-0.3, -0.25) is 4.79 Å². The SMILES string of the molecule is COc1ccc2c3c1O[C@H]1C(OC(=O)[C@H](C)OC(C)=O)=CC[C@@]4(O)[C@H](C2)N(C)CC[C@]314. The third-order valence-electron chi connectivity index (χ3n) is 7.45. The van der Waals surface area contributed by atoms with Gasteiger partial charge in [0.25, 0.3) is 0 Å². The predicted octanol–water partition coefficient (Wildman–Crippen LogP) is 1.47. The van der Waals surface area contributed by atoms with Crippen LogP contribution in [0.2, 0.25) is 0 Å². The molecule has 1 aromatic rings. The molecule has 4 aliphatic rings. The molecule has 5 atom stereocenters. The number of likely N-dealkylation sites (N-methyl/N-ethyl adjacent to an activating group) is 1. The minimum atomic E-state index is -1.06. The maximum absolute atomic E-state index is 12.6. The van der Waals surface area contributed by atoms with Gasteiger partial charge in [0.1, 0.15) is 5.76 Å². The van der Waals surface area contributed by atoms with Gasteiger partial charge in [-0.05, 0) is 51.1 Å². The Morgan fingerprint density at radius 1 is 1.35 bits per heavy atom. The number of aliphatic hydroxyl groups is 1. The van der Waals surface area contributed by atoms with Crippen molar-refractivity contribution in [3.8, 4) is 11.5 Å². The van der Waals surface area contributed by atoms with Gasteiger partial charge in [0, 0.05) is 24.9 Å². The molecule has 1 fully saturated rings. The van der Waals surface area contributed by atoms with E-state index in [2.05, 4.69) is 4.90 Å². The second-order valence-electron chi connectivity index (χ2n) is 8.96.